The number of rotatable bonds is 4. The van der Waals surface area contributed by atoms with Crippen LogP contribution >= 0.6 is 11.6 Å². The van der Waals surface area contributed by atoms with Crippen LogP contribution in [-0.4, -0.2) is 46.1 Å². The van der Waals surface area contributed by atoms with E-state index < -0.39 is 11.5 Å². The zero-order chi connectivity index (χ0) is 23.7. The van der Waals surface area contributed by atoms with Crippen LogP contribution in [0.25, 0.3) is 5.69 Å². The first kappa shape index (κ1) is 22.2. The minimum atomic E-state index is -0.670. The monoisotopic (exact) mass is 479 g/mol. The molecule has 1 atom stereocenters. The highest BCUT2D eigenvalue weighted by Crippen LogP contribution is 2.38. The Labute approximate surface area is 201 Å². The van der Waals surface area contributed by atoms with E-state index in [9.17, 15) is 14.4 Å². The summed E-state index contributed by atoms with van der Waals surface area (Å²) < 4.78 is 21.1. The maximum absolute atomic E-state index is 13.2. The van der Waals surface area contributed by atoms with Crippen molar-refractivity contribution in [2.24, 2.45) is 5.41 Å². The van der Waals surface area contributed by atoms with Crippen molar-refractivity contribution in [2.45, 2.75) is 25.4 Å². The summed E-state index contributed by atoms with van der Waals surface area (Å²) in [7, 11) is 0. The first-order valence-electron chi connectivity index (χ1n) is 11.1. The van der Waals surface area contributed by atoms with Crippen molar-refractivity contribution in [3.63, 3.8) is 0 Å². The Hall–Kier alpha value is -3.57. The van der Waals surface area contributed by atoms with Crippen molar-refractivity contribution in [1.82, 2.24) is 14.5 Å². The molecule has 0 spiro atoms. The number of halogens is 2. The fourth-order valence-corrected chi connectivity index (χ4v) is 4.85. The molecule has 2 aliphatic heterocycles. The number of amides is 1. The fraction of sp³-hybridized carbons (Fsp3) is 0.320. The zero-order valence-corrected chi connectivity index (χ0v) is 19.1. The highest BCUT2D eigenvalue weighted by atomic mass is 35.5. The van der Waals surface area contributed by atoms with Gasteiger partial charge in [-0.15, -0.1) is 0 Å². The number of imidazole rings is 1. The number of nitriles is 1. The largest absolute Gasteiger partial charge is 0.476 e. The lowest BCUT2D eigenvalue weighted by Gasteiger charge is -2.39. The van der Waals surface area contributed by atoms with Crippen LogP contribution in [-0.2, 0) is 11.2 Å². The summed E-state index contributed by atoms with van der Waals surface area (Å²) in [6.45, 7) is 1.28. The second-order valence-electron chi connectivity index (χ2n) is 8.78. The summed E-state index contributed by atoms with van der Waals surface area (Å²) in [6, 6.07) is 12.3. The molecule has 2 aromatic carbocycles. The van der Waals surface area contributed by atoms with Crippen LogP contribution in [0.5, 0.6) is 5.75 Å². The molecule has 9 heteroatoms. The zero-order valence-electron chi connectivity index (χ0n) is 18.4. The van der Waals surface area contributed by atoms with E-state index in [2.05, 4.69) is 16.4 Å². The van der Waals surface area contributed by atoms with Crippen molar-refractivity contribution in [1.29, 1.82) is 5.26 Å². The number of benzene rings is 2. The minimum Gasteiger partial charge on any atom is -0.476 e. The van der Waals surface area contributed by atoms with Gasteiger partial charge in [0.25, 0.3) is 5.91 Å². The summed E-state index contributed by atoms with van der Waals surface area (Å²) in [4.78, 5) is 19.1. The molecule has 3 aromatic rings. The SMILES string of the molecule is N#CC1(Cc2ccc(F)cc2)CCN(C(=O)C2CNc3cc(Cl)c(-n4ccnc4)cc3O2)CC1. The number of carbonyl (C=O) groups excluding carboxylic acids is 1. The van der Waals surface area contributed by atoms with E-state index in [0.717, 1.165) is 11.3 Å². The molecule has 7 nitrogen and oxygen atoms in total. The molecule has 0 radical (unpaired) electrons. The number of carbonyl (C=O) groups is 1. The van der Waals surface area contributed by atoms with E-state index in [4.69, 9.17) is 16.3 Å². The Morgan fingerprint density at radius 3 is 2.74 bits per heavy atom. The summed E-state index contributed by atoms with van der Waals surface area (Å²) >= 11 is 6.42. The molecule has 1 fully saturated rings. The number of hydrogen-bond acceptors (Lipinski definition) is 5. The molecule has 2 aliphatic rings. The van der Waals surface area contributed by atoms with Crippen LogP contribution in [0.4, 0.5) is 10.1 Å². The van der Waals surface area contributed by atoms with Crippen LogP contribution in [0, 0.1) is 22.6 Å². The lowest BCUT2D eigenvalue weighted by atomic mass is 9.75. The molecule has 0 saturated carbocycles. The molecule has 5 rings (SSSR count). The van der Waals surface area contributed by atoms with E-state index in [-0.39, 0.29) is 11.7 Å². The van der Waals surface area contributed by atoms with Crippen molar-refractivity contribution in [2.75, 3.05) is 25.0 Å². The van der Waals surface area contributed by atoms with E-state index in [1.54, 1.807) is 52.5 Å². The number of nitrogens with one attached hydrogen (secondary N) is 1. The lowest BCUT2D eigenvalue weighted by molar-refractivity contribution is -0.140. The predicted molar refractivity (Wildman–Crippen MR) is 125 cm³/mol. The van der Waals surface area contributed by atoms with Gasteiger partial charge in [-0.1, -0.05) is 23.7 Å². The quantitative estimate of drug-likeness (QED) is 0.606. The van der Waals surface area contributed by atoms with Gasteiger partial charge in [0, 0.05) is 31.5 Å². The molecule has 0 aliphatic carbocycles. The van der Waals surface area contributed by atoms with Crippen LogP contribution in [0.1, 0.15) is 18.4 Å². The van der Waals surface area contributed by atoms with Gasteiger partial charge in [-0.3, -0.25) is 4.79 Å². The average Bonchev–Trinajstić information content (AvgIpc) is 3.39. The molecule has 1 amide bonds. The number of nitrogens with zero attached hydrogens (tertiary/aromatic N) is 4. The third kappa shape index (κ3) is 4.31. The Morgan fingerprint density at radius 1 is 1.29 bits per heavy atom. The van der Waals surface area contributed by atoms with Gasteiger partial charge in [-0.05, 0) is 43.0 Å². The number of piperidine rings is 1. The Balaban J connectivity index is 1.25. The minimum absolute atomic E-state index is 0.106. The maximum atomic E-state index is 13.2. The number of likely N-dealkylation sites (tertiary alicyclic amines) is 1. The van der Waals surface area contributed by atoms with Crippen molar-refractivity contribution in [3.8, 4) is 17.5 Å². The fourth-order valence-electron chi connectivity index (χ4n) is 4.59. The van der Waals surface area contributed by atoms with Crippen LogP contribution in [0.2, 0.25) is 5.02 Å². The normalized spacial score (nSPS) is 18.9. The first-order chi connectivity index (χ1) is 16.5. The number of ether oxygens (including phenoxy) is 1. The van der Waals surface area contributed by atoms with E-state index >= 15 is 0 Å². The van der Waals surface area contributed by atoms with Crippen LogP contribution < -0.4 is 10.1 Å². The van der Waals surface area contributed by atoms with Gasteiger partial charge in [0.1, 0.15) is 11.6 Å². The maximum Gasteiger partial charge on any atom is 0.265 e. The van der Waals surface area contributed by atoms with Gasteiger partial charge in [0.05, 0.1) is 40.8 Å². The molecule has 1 saturated heterocycles. The standard InChI is InChI=1S/C25H23ClFN5O2/c26-19-11-20-22(12-21(19)32-10-7-29-16-32)34-23(14-30-20)24(33)31-8-5-25(15-28,6-9-31)13-17-1-3-18(27)4-2-17/h1-4,7,10-12,16,23,30H,5-6,8-9,13-14H2. The molecule has 1 aromatic heterocycles. The number of anilines is 1. The van der Waals surface area contributed by atoms with Crippen molar-refractivity contribution in [3.05, 3.63) is 71.5 Å². The average molecular weight is 480 g/mol. The number of aromatic nitrogens is 2. The number of hydrogen-bond donors (Lipinski definition) is 1. The van der Waals surface area contributed by atoms with Crippen molar-refractivity contribution < 1.29 is 13.9 Å². The molecule has 1 N–H and O–H groups in total. The molecular weight excluding hydrogens is 457 g/mol. The molecular formula is C25H23ClFN5O2. The lowest BCUT2D eigenvalue weighted by Crippen LogP contribution is -2.51. The first-order valence-corrected chi connectivity index (χ1v) is 11.5. The highest BCUT2D eigenvalue weighted by molar-refractivity contribution is 6.32. The molecule has 0 bridgehead atoms. The smallest absolute Gasteiger partial charge is 0.265 e. The second-order valence-corrected chi connectivity index (χ2v) is 9.18. The van der Waals surface area contributed by atoms with Gasteiger partial charge >= 0.3 is 0 Å². The highest BCUT2D eigenvalue weighted by Gasteiger charge is 2.39. The van der Waals surface area contributed by atoms with Crippen LogP contribution in [0.3, 0.4) is 0 Å². The Morgan fingerprint density at radius 2 is 2.06 bits per heavy atom. The Kier molecular flexibility index (Phi) is 5.88. The van der Waals surface area contributed by atoms with Gasteiger partial charge < -0.3 is 19.5 Å². The summed E-state index contributed by atoms with van der Waals surface area (Å²) in [6.07, 6.45) is 6.08. The van der Waals surface area contributed by atoms with Crippen molar-refractivity contribution >= 4 is 23.2 Å². The second kappa shape index (κ2) is 8.99. The third-order valence-electron chi connectivity index (χ3n) is 6.58. The van der Waals surface area contributed by atoms with Gasteiger partial charge in [-0.25, -0.2) is 9.37 Å². The Bertz CT molecular complexity index is 1230. The third-order valence-corrected chi connectivity index (χ3v) is 6.88. The van der Waals surface area contributed by atoms with Gasteiger partial charge in [-0.2, -0.15) is 5.26 Å². The van der Waals surface area contributed by atoms with E-state index in [1.807, 2.05) is 0 Å². The molecule has 1 unspecified atom stereocenters. The topological polar surface area (TPSA) is 83.2 Å². The number of fused-ring (bicyclic) bond motifs is 1. The molecule has 174 valence electrons. The van der Waals surface area contributed by atoms with E-state index in [0.29, 0.717) is 55.4 Å². The van der Waals surface area contributed by atoms with Crippen LogP contribution in [0.15, 0.2) is 55.1 Å². The summed E-state index contributed by atoms with van der Waals surface area (Å²) in [5.41, 5.74) is 1.81. The van der Waals surface area contributed by atoms with Gasteiger partial charge in [0.2, 0.25) is 0 Å². The van der Waals surface area contributed by atoms with E-state index in [1.165, 1.54) is 12.1 Å². The molecule has 34 heavy (non-hydrogen) atoms. The predicted octanol–water partition coefficient (Wildman–Crippen LogP) is 4.21. The molecule has 3 heterocycles. The van der Waals surface area contributed by atoms with Gasteiger partial charge in [0.15, 0.2) is 6.10 Å². The summed E-state index contributed by atoms with van der Waals surface area (Å²) in [5.74, 6) is 0.153. The summed E-state index contributed by atoms with van der Waals surface area (Å²) in [5, 5.41) is 13.7.